The molecule has 0 spiro atoms. The molecule has 0 aromatic heterocycles. The lowest BCUT2D eigenvalue weighted by Crippen LogP contribution is -2.40. The average molecular weight is 562 g/mol. The summed E-state index contributed by atoms with van der Waals surface area (Å²) in [4.78, 5) is 53.3. The fourth-order valence-electron chi connectivity index (χ4n) is 3.95. The first kappa shape index (κ1) is 29.4. The van der Waals surface area contributed by atoms with Crippen LogP contribution in [0.1, 0.15) is 56.8 Å². The van der Waals surface area contributed by atoms with Crippen LogP contribution in [0.4, 0.5) is 10.1 Å². The Morgan fingerprint density at radius 1 is 1.03 bits per heavy atom. The Kier molecular flexibility index (Phi) is 10.5. The van der Waals surface area contributed by atoms with E-state index in [0.717, 1.165) is 22.7 Å². The molecule has 0 heterocycles. The fraction of sp³-hybridized carbons (Fsp3) is 0.357. The number of esters is 2. The normalized spacial score (nSPS) is 13.3. The summed E-state index contributed by atoms with van der Waals surface area (Å²) in [7, 11) is 0. The largest absolute Gasteiger partial charge is 0.465 e. The van der Waals surface area contributed by atoms with E-state index in [2.05, 4.69) is 0 Å². The number of benzene rings is 2. The summed E-state index contributed by atoms with van der Waals surface area (Å²) < 4.78 is 25.7. The van der Waals surface area contributed by atoms with Crippen molar-refractivity contribution in [2.75, 3.05) is 17.3 Å². The molecule has 1 aliphatic rings. The van der Waals surface area contributed by atoms with E-state index in [1.807, 2.05) is 0 Å². The van der Waals surface area contributed by atoms with Gasteiger partial charge in [-0.25, -0.2) is 14.1 Å². The molecule has 3 rings (SSSR count). The Bertz CT molecular complexity index is 1250. The fourth-order valence-corrected chi connectivity index (χ4v) is 5.01. The molecule has 202 valence electrons. The summed E-state index contributed by atoms with van der Waals surface area (Å²) in [6.07, 6.45) is 1.44. The molecular weight excluding hydrogens is 533 g/mol. The molecule has 2 aromatic carbocycles. The number of halogens is 2. The van der Waals surface area contributed by atoms with Gasteiger partial charge < -0.3 is 9.47 Å². The number of amides is 2. The first-order chi connectivity index (χ1) is 18.1. The van der Waals surface area contributed by atoms with E-state index in [0.29, 0.717) is 19.3 Å². The second kappa shape index (κ2) is 13.6. The highest BCUT2D eigenvalue weighted by molar-refractivity contribution is 8.00. The molecule has 38 heavy (non-hydrogen) atoms. The molecule has 0 N–H and O–H groups in total. The second-order valence-corrected chi connectivity index (χ2v) is 10.2. The van der Waals surface area contributed by atoms with Crippen LogP contribution in [0.15, 0.2) is 58.5 Å². The van der Waals surface area contributed by atoms with Gasteiger partial charge in [0.05, 0.1) is 29.2 Å². The van der Waals surface area contributed by atoms with Crippen molar-refractivity contribution < 1.29 is 33.0 Å². The average Bonchev–Trinajstić information content (AvgIpc) is 2.89. The van der Waals surface area contributed by atoms with E-state index in [1.54, 1.807) is 39.0 Å². The van der Waals surface area contributed by atoms with Crippen LogP contribution in [-0.4, -0.2) is 42.2 Å². The number of anilines is 1. The van der Waals surface area contributed by atoms with E-state index >= 15 is 4.39 Å². The summed E-state index contributed by atoms with van der Waals surface area (Å²) in [6.45, 7) is 5.28. The summed E-state index contributed by atoms with van der Waals surface area (Å²) >= 11 is 7.23. The molecule has 0 saturated carbocycles. The Hall–Kier alpha value is -3.17. The highest BCUT2D eigenvalue weighted by Gasteiger charge is 2.34. The molecule has 0 saturated heterocycles. The van der Waals surface area contributed by atoms with E-state index in [4.69, 9.17) is 21.1 Å². The van der Waals surface area contributed by atoms with Gasteiger partial charge in [-0.2, -0.15) is 0 Å². The predicted octanol–water partition coefficient (Wildman–Crippen LogP) is 6.13. The monoisotopic (exact) mass is 561 g/mol. The van der Waals surface area contributed by atoms with Gasteiger partial charge in [0.1, 0.15) is 5.82 Å². The highest BCUT2D eigenvalue weighted by Crippen LogP contribution is 2.36. The molecule has 7 nitrogen and oxygen atoms in total. The quantitative estimate of drug-likeness (QED) is 0.207. The zero-order valence-corrected chi connectivity index (χ0v) is 23.0. The van der Waals surface area contributed by atoms with Crippen LogP contribution in [0.5, 0.6) is 0 Å². The van der Waals surface area contributed by atoms with Crippen LogP contribution < -0.4 is 4.90 Å². The van der Waals surface area contributed by atoms with Crippen molar-refractivity contribution in [3.63, 3.8) is 0 Å². The maximum absolute atomic E-state index is 15.4. The summed E-state index contributed by atoms with van der Waals surface area (Å²) in [5.74, 6) is -3.71. The van der Waals surface area contributed by atoms with Gasteiger partial charge in [-0.05, 0) is 70.7 Å². The first-order valence-electron chi connectivity index (χ1n) is 12.3. The van der Waals surface area contributed by atoms with Crippen molar-refractivity contribution in [2.45, 2.75) is 57.5 Å². The lowest BCUT2D eigenvalue weighted by atomic mass is 9.90. The van der Waals surface area contributed by atoms with Gasteiger partial charge in [0.15, 0.2) is 0 Å². The maximum atomic E-state index is 15.4. The second-order valence-electron chi connectivity index (χ2n) is 8.76. The molecule has 2 amide bonds. The van der Waals surface area contributed by atoms with E-state index in [9.17, 15) is 19.2 Å². The summed E-state index contributed by atoms with van der Waals surface area (Å²) in [6, 6.07) is 10.2. The molecule has 0 bridgehead atoms. The van der Waals surface area contributed by atoms with Crippen molar-refractivity contribution in [3.8, 4) is 0 Å². The Balaban J connectivity index is 2.12. The number of carbonyl (C=O) groups is 4. The number of hydrogen-bond acceptors (Lipinski definition) is 7. The van der Waals surface area contributed by atoms with Crippen molar-refractivity contribution >= 4 is 52.8 Å². The Morgan fingerprint density at radius 2 is 1.68 bits per heavy atom. The van der Waals surface area contributed by atoms with Gasteiger partial charge in [-0.3, -0.25) is 14.4 Å². The predicted molar refractivity (Wildman–Crippen MR) is 144 cm³/mol. The standard InChI is InChI=1S/C28H29ClFNO6S/c1-4-36-25(32)16-38-24-15-23(22(30)14-21(24)29)31(26(33)18-10-6-5-7-11-18)27(34)19-12-8-9-13-20(19)28(35)37-17(2)3/h5-7,10-11,14-15,17H,4,8-9,12-13,16H2,1-3H3. The molecular formula is C28H29ClFNO6S. The molecule has 1 aliphatic carbocycles. The number of ether oxygens (including phenoxy) is 2. The SMILES string of the molecule is CCOC(=O)CSc1cc(N(C(=O)C2=C(C(=O)OC(C)C)CCCC2)C(=O)c2ccccc2)c(F)cc1Cl. The minimum absolute atomic E-state index is 0.0122. The van der Waals surface area contributed by atoms with Gasteiger partial charge in [-0.1, -0.05) is 29.8 Å². The number of carbonyl (C=O) groups excluding carboxylic acids is 4. The molecule has 2 aromatic rings. The van der Waals surface area contributed by atoms with Crippen LogP contribution in [-0.2, 0) is 23.9 Å². The van der Waals surface area contributed by atoms with E-state index in [-0.39, 0.29) is 51.1 Å². The van der Waals surface area contributed by atoms with Gasteiger partial charge in [0.25, 0.3) is 11.8 Å². The molecule has 10 heteroatoms. The zero-order valence-electron chi connectivity index (χ0n) is 21.4. The summed E-state index contributed by atoms with van der Waals surface area (Å²) in [5.41, 5.74) is 0.112. The van der Waals surface area contributed by atoms with Crippen LogP contribution >= 0.6 is 23.4 Å². The molecule has 0 fully saturated rings. The van der Waals surface area contributed by atoms with Gasteiger partial charge in [-0.15, -0.1) is 11.8 Å². The van der Waals surface area contributed by atoms with Gasteiger partial charge in [0.2, 0.25) is 0 Å². The highest BCUT2D eigenvalue weighted by atomic mass is 35.5. The van der Waals surface area contributed by atoms with Crippen molar-refractivity contribution in [1.29, 1.82) is 0 Å². The smallest absolute Gasteiger partial charge is 0.334 e. The van der Waals surface area contributed by atoms with Crippen LogP contribution in [0.2, 0.25) is 5.02 Å². The Labute approximate surface area is 230 Å². The third kappa shape index (κ3) is 7.23. The third-order valence-corrected chi connectivity index (χ3v) is 7.09. The number of hydrogen-bond donors (Lipinski definition) is 0. The van der Waals surface area contributed by atoms with Gasteiger partial charge >= 0.3 is 11.9 Å². The van der Waals surface area contributed by atoms with Crippen molar-refractivity contribution in [1.82, 2.24) is 0 Å². The lowest BCUT2D eigenvalue weighted by molar-refractivity contribution is -0.143. The van der Waals surface area contributed by atoms with Crippen molar-refractivity contribution in [2.24, 2.45) is 0 Å². The van der Waals surface area contributed by atoms with Crippen LogP contribution in [0.3, 0.4) is 0 Å². The number of thioether (sulfide) groups is 1. The number of rotatable bonds is 9. The number of imide groups is 1. The first-order valence-corrected chi connectivity index (χ1v) is 13.6. The molecule has 0 radical (unpaired) electrons. The third-order valence-electron chi connectivity index (χ3n) is 5.64. The minimum atomic E-state index is -0.907. The van der Waals surface area contributed by atoms with Crippen LogP contribution in [0.25, 0.3) is 0 Å². The zero-order chi connectivity index (χ0) is 27.8. The molecule has 0 unspecified atom stereocenters. The van der Waals surface area contributed by atoms with E-state index < -0.39 is 35.7 Å². The lowest BCUT2D eigenvalue weighted by Gasteiger charge is -2.27. The molecule has 0 aliphatic heterocycles. The Morgan fingerprint density at radius 3 is 2.32 bits per heavy atom. The topological polar surface area (TPSA) is 90.0 Å². The minimum Gasteiger partial charge on any atom is -0.465 e. The van der Waals surface area contributed by atoms with Crippen molar-refractivity contribution in [3.05, 3.63) is 70.0 Å². The summed E-state index contributed by atoms with van der Waals surface area (Å²) in [5, 5.41) is 0.0122. The van der Waals surface area contributed by atoms with E-state index in [1.165, 1.54) is 18.2 Å². The van der Waals surface area contributed by atoms with Gasteiger partial charge in [0, 0.05) is 21.6 Å². The molecule has 0 atom stereocenters. The number of nitrogens with zero attached hydrogens (tertiary/aromatic N) is 1. The van der Waals surface area contributed by atoms with Crippen LogP contribution in [0, 0.1) is 5.82 Å². The maximum Gasteiger partial charge on any atom is 0.334 e.